The Morgan fingerprint density at radius 1 is 1.32 bits per heavy atom. The average Bonchev–Trinajstić information content (AvgIpc) is 3.28. The van der Waals surface area contributed by atoms with Gasteiger partial charge in [0, 0.05) is 25.2 Å². The maximum absolute atomic E-state index is 14.0. The summed E-state index contributed by atoms with van der Waals surface area (Å²) in [4.78, 5) is 29.9. The van der Waals surface area contributed by atoms with Crippen molar-refractivity contribution in [3.63, 3.8) is 0 Å². The smallest absolute Gasteiger partial charge is 0.339 e. The van der Waals surface area contributed by atoms with Crippen molar-refractivity contribution < 1.29 is 18.7 Å². The summed E-state index contributed by atoms with van der Waals surface area (Å²) in [7, 11) is 1.34. The SMILES string of the molecule is COC(=O)c1cc2c(nc1C)CCN(C(=O)C1(F)CC1)CC2. The monoisotopic (exact) mass is 306 g/mol. The number of hydrogen-bond donors (Lipinski definition) is 0. The Balaban J connectivity index is 1.82. The second-order valence-corrected chi connectivity index (χ2v) is 5.98. The van der Waals surface area contributed by atoms with E-state index in [0.717, 1.165) is 11.3 Å². The summed E-state index contributed by atoms with van der Waals surface area (Å²) in [5.74, 6) is -0.809. The highest BCUT2D eigenvalue weighted by Crippen LogP contribution is 2.41. The Bertz CT molecular complexity index is 641. The van der Waals surface area contributed by atoms with Crippen LogP contribution in [-0.4, -0.2) is 47.6 Å². The van der Waals surface area contributed by atoms with Gasteiger partial charge in [-0.25, -0.2) is 9.18 Å². The van der Waals surface area contributed by atoms with E-state index in [4.69, 9.17) is 4.74 Å². The zero-order valence-electron chi connectivity index (χ0n) is 12.8. The first-order valence-electron chi connectivity index (χ1n) is 7.50. The number of aromatic nitrogens is 1. The van der Waals surface area contributed by atoms with Crippen LogP contribution in [0.4, 0.5) is 4.39 Å². The maximum Gasteiger partial charge on any atom is 0.339 e. The number of fused-ring (bicyclic) bond motifs is 1. The van der Waals surface area contributed by atoms with Crippen molar-refractivity contribution in [2.75, 3.05) is 20.2 Å². The number of carbonyl (C=O) groups is 2. The average molecular weight is 306 g/mol. The Morgan fingerprint density at radius 2 is 2.00 bits per heavy atom. The van der Waals surface area contributed by atoms with Crippen LogP contribution in [0.3, 0.4) is 0 Å². The number of hydrogen-bond acceptors (Lipinski definition) is 4. The summed E-state index contributed by atoms with van der Waals surface area (Å²) in [5, 5.41) is 0. The molecule has 2 aliphatic rings. The molecule has 1 aromatic heterocycles. The van der Waals surface area contributed by atoms with Gasteiger partial charge >= 0.3 is 5.97 Å². The fourth-order valence-electron chi connectivity index (χ4n) is 2.86. The quantitative estimate of drug-likeness (QED) is 0.779. The van der Waals surface area contributed by atoms with Gasteiger partial charge in [-0.1, -0.05) is 0 Å². The molecule has 1 aliphatic heterocycles. The molecule has 0 saturated heterocycles. The van der Waals surface area contributed by atoms with Crippen molar-refractivity contribution >= 4 is 11.9 Å². The number of rotatable bonds is 2. The molecule has 6 heteroatoms. The van der Waals surface area contributed by atoms with E-state index in [1.807, 2.05) is 0 Å². The number of esters is 1. The van der Waals surface area contributed by atoms with Crippen molar-refractivity contribution in [1.29, 1.82) is 0 Å². The molecule has 1 fully saturated rings. The highest BCUT2D eigenvalue weighted by atomic mass is 19.1. The van der Waals surface area contributed by atoms with Crippen LogP contribution in [-0.2, 0) is 22.4 Å². The van der Waals surface area contributed by atoms with Crippen molar-refractivity contribution in [3.8, 4) is 0 Å². The minimum absolute atomic E-state index is 0.332. The fraction of sp³-hybridized carbons (Fsp3) is 0.562. The molecule has 0 radical (unpaired) electrons. The number of methoxy groups -OCH3 is 1. The number of carbonyl (C=O) groups excluding carboxylic acids is 2. The van der Waals surface area contributed by atoms with E-state index in [0.29, 0.717) is 50.0 Å². The van der Waals surface area contributed by atoms with Crippen molar-refractivity contribution in [2.45, 2.75) is 38.3 Å². The number of alkyl halides is 1. The third-order valence-electron chi connectivity index (χ3n) is 4.42. The van der Waals surface area contributed by atoms with Gasteiger partial charge in [0.15, 0.2) is 5.67 Å². The van der Waals surface area contributed by atoms with Crippen LogP contribution in [0.1, 0.15) is 40.2 Å². The van der Waals surface area contributed by atoms with E-state index in [1.165, 1.54) is 7.11 Å². The molecule has 0 bridgehead atoms. The zero-order valence-corrected chi connectivity index (χ0v) is 12.8. The van der Waals surface area contributed by atoms with E-state index < -0.39 is 17.5 Å². The van der Waals surface area contributed by atoms with Crippen molar-refractivity contribution in [3.05, 3.63) is 28.6 Å². The Morgan fingerprint density at radius 3 is 2.64 bits per heavy atom. The minimum Gasteiger partial charge on any atom is -0.465 e. The Labute approximate surface area is 128 Å². The molecule has 0 spiro atoms. The number of halogens is 1. The molecule has 118 valence electrons. The van der Waals surface area contributed by atoms with Gasteiger partial charge in [-0.2, -0.15) is 0 Å². The van der Waals surface area contributed by atoms with E-state index in [9.17, 15) is 14.0 Å². The first-order valence-corrected chi connectivity index (χ1v) is 7.50. The summed E-state index contributed by atoms with van der Waals surface area (Å²) in [6, 6.07) is 1.79. The van der Waals surface area contributed by atoms with Gasteiger partial charge in [-0.3, -0.25) is 9.78 Å². The maximum atomic E-state index is 14.0. The lowest BCUT2D eigenvalue weighted by Gasteiger charge is -2.21. The van der Waals surface area contributed by atoms with E-state index in [-0.39, 0.29) is 0 Å². The second-order valence-electron chi connectivity index (χ2n) is 5.98. The van der Waals surface area contributed by atoms with E-state index >= 15 is 0 Å². The molecule has 5 nitrogen and oxygen atoms in total. The highest BCUT2D eigenvalue weighted by Gasteiger charge is 2.52. The summed E-state index contributed by atoms with van der Waals surface area (Å²) in [6.45, 7) is 2.70. The lowest BCUT2D eigenvalue weighted by atomic mass is 10.0. The number of pyridine rings is 1. The highest BCUT2D eigenvalue weighted by molar-refractivity contribution is 5.91. The first kappa shape index (κ1) is 14.9. The van der Waals surface area contributed by atoms with Crippen LogP contribution < -0.4 is 0 Å². The number of nitrogens with zero attached hydrogens (tertiary/aromatic N) is 2. The van der Waals surface area contributed by atoms with Gasteiger partial charge in [0.2, 0.25) is 0 Å². The van der Waals surface area contributed by atoms with Crippen molar-refractivity contribution in [2.24, 2.45) is 0 Å². The number of aryl methyl sites for hydroxylation is 1. The number of amides is 1. The summed E-state index contributed by atoms with van der Waals surface area (Å²) < 4.78 is 18.7. The van der Waals surface area contributed by atoms with Gasteiger partial charge in [-0.05, 0) is 37.8 Å². The molecule has 0 unspecified atom stereocenters. The number of ether oxygens (including phenoxy) is 1. The molecular weight excluding hydrogens is 287 g/mol. The van der Waals surface area contributed by atoms with Gasteiger partial charge in [0.05, 0.1) is 18.4 Å². The molecular formula is C16H19FN2O3. The van der Waals surface area contributed by atoms with E-state index in [1.54, 1.807) is 17.9 Å². The summed E-state index contributed by atoms with van der Waals surface area (Å²) in [5.41, 5.74) is 1.26. The topological polar surface area (TPSA) is 59.5 Å². The van der Waals surface area contributed by atoms with E-state index in [2.05, 4.69) is 4.98 Å². The predicted molar refractivity (Wildman–Crippen MR) is 77.4 cm³/mol. The Hall–Kier alpha value is -1.98. The normalized spacial score (nSPS) is 19.1. The molecule has 1 saturated carbocycles. The zero-order chi connectivity index (χ0) is 15.9. The molecule has 0 atom stereocenters. The molecule has 22 heavy (non-hydrogen) atoms. The van der Waals surface area contributed by atoms with Crippen LogP contribution in [0.25, 0.3) is 0 Å². The standard InChI is InChI=1S/C16H19FN2O3/c1-10-12(14(20)22-2)9-11-3-7-19(8-4-13(11)18-10)15(21)16(17)5-6-16/h9H,3-8H2,1-2H3. The molecule has 3 rings (SSSR count). The third kappa shape index (κ3) is 2.58. The molecule has 2 heterocycles. The van der Waals surface area contributed by atoms with Gasteiger partial charge < -0.3 is 9.64 Å². The van der Waals surface area contributed by atoms with Crippen LogP contribution in [0.15, 0.2) is 6.07 Å². The second kappa shape index (κ2) is 5.34. The molecule has 1 aromatic rings. The molecule has 1 aliphatic carbocycles. The largest absolute Gasteiger partial charge is 0.465 e. The molecule has 0 N–H and O–H groups in total. The fourth-order valence-corrected chi connectivity index (χ4v) is 2.86. The van der Waals surface area contributed by atoms with Crippen LogP contribution in [0.5, 0.6) is 0 Å². The minimum atomic E-state index is -1.63. The van der Waals surface area contributed by atoms with Crippen LogP contribution >= 0.6 is 0 Å². The van der Waals surface area contributed by atoms with Gasteiger partial charge in [0.25, 0.3) is 5.91 Å². The predicted octanol–water partition coefficient (Wildman–Crippen LogP) is 1.61. The third-order valence-corrected chi connectivity index (χ3v) is 4.42. The summed E-state index contributed by atoms with van der Waals surface area (Å²) >= 11 is 0. The van der Waals surface area contributed by atoms with Crippen LogP contribution in [0, 0.1) is 6.92 Å². The van der Waals surface area contributed by atoms with Crippen molar-refractivity contribution in [1.82, 2.24) is 9.88 Å². The lowest BCUT2D eigenvalue weighted by molar-refractivity contribution is -0.138. The van der Waals surface area contributed by atoms with Gasteiger partial charge in [-0.15, -0.1) is 0 Å². The first-order chi connectivity index (χ1) is 10.4. The Kier molecular flexibility index (Phi) is 3.62. The summed E-state index contributed by atoms with van der Waals surface area (Å²) in [6.07, 6.45) is 1.83. The molecule has 1 amide bonds. The molecule has 0 aromatic carbocycles. The van der Waals surface area contributed by atoms with Gasteiger partial charge in [0.1, 0.15) is 0 Å². The van der Waals surface area contributed by atoms with Crippen LogP contribution in [0.2, 0.25) is 0 Å². The lowest BCUT2D eigenvalue weighted by Crippen LogP contribution is -2.40.